The maximum Gasteiger partial charge on any atom is -0.0174 e. The predicted octanol–water partition coefficient (Wildman–Crippen LogP) is 6.10. The standard InChI is InChI=1S/C17H29P/c1-8-16(13(2)3)14(4)18(7)15-9-11-17(5,6)12-10-15/h8,15H,1-2,9-12H2,3-7H3/b16-14+. The molecule has 0 bridgehead atoms. The molecule has 0 heterocycles. The molecule has 0 amide bonds. The number of rotatable bonds is 4. The van der Waals surface area contributed by atoms with Crippen molar-refractivity contribution in [3.63, 3.8) is 0 Å². The summed E-state index contributed by atoms with van der Waals surface area (Å²) in [6.45, 7) is 19.7. The molecule has 1 atom stereocenters. The van der Waals surface area contributed by atoms with Crippen molar-refractivity contribution in [3.8, 4) is 0 Å². The summed E-state index contributed by atoms with van der Waals surface area (Å²) in [7, 11) is -0.0315. The largest absolute Gasteiger partial charge is 0.0984 e. The van der Waals surface area contributed by atoms with E-state index in [0.29, 0.717) is 5.41 Å². The van der Waals surface area contributed by atoms with Crippen LogP contribution in [0, 0.1) is 5.41 Å². The number of allylic oxidation sites excluding steroid dienone is 4. The second-order valence-corrected chi connectivity index (χ2v) is 9.11. The van der Waals surface area contributed by atoms with E-state index in [9.17, 15) is 0 Å². The Bertz CT molecular complexity index is 350. The van der Waals surface area contributed by atoms with Crippen LogP contribution in [0.5, 0.6) is 0 Å². The van der Waals surface area contributed by atoms with Gasteiger partial charge in [-0.25, -0.2) is 0 Å². The van der Waals surface area contributed by atoms with E-state index >= 15 is 0 Å². The zero-order valence-corrected chi connectivity index (χ0v) is 13.7. The van der Waals surface area contributed by atoms with Gasteiger partial charge in [-0.05, 0) is 68.2 Å². The fraction of sp³-hybridized carbons (Fsp3) is 0.647. The van der Waals surface area contributed by atoms with Crippen LogP contribution in [0.2, 0.25) is 0 Å². The summed E-state index contributed by atoms with van der Waals surface area (Å²) in [5.74, 6) is 0. The highest BCUT2D eigenvalue weighted by Crippen LogP contribution is 2.54. The Morgan fingerprint density at radius 1 is 1.22 bits per heavy atom. The zero-order valence-electron chi connectivity index (χ0n) is 12.8. The second-order valence-electron chi connectivity index (χ2n) is 6.49. The lowest BCUT2D eigenvalue weighted by Crippen LogP contribution is -2.23. The third-order valence-electron chi connectivity index (χ3n) is 4.44. The van der Waals surface area contributed by atoms with Gasteiger partial charge in [0.2, 0.25) is 0 Å². The molecule has 0 spiro atoms. The van der Waals surface area contributed by atoms with E-state index < -0.39 is 0 Å². The quantitative estimate of drug-likeness (QED) is 0.425. The van der Waals surface area contributed by atoms with Gasteiger partial charge in [-0.1, -0.05) is 46.6 Å². The van der Waals surface area contributed by atoms with Crippen LogP contribution in [0.15, 0.2) is 35.7 Å². The Morgan fingerprint density at radius 3 is 2.11 bits per heavy atom. The highest BCUT2D eigenvalue weighted by molar-refractivity contribution is 7.62. The molecule has 1 heteroatoms. The Labute approximate surface area is 115 Å². The van der Waals surface area contributed by atoms with Crippen LogP contribution in [0.4, 0.5) is 0 Å². The van der Waals surface area contributed by atoms with Crippen molar-refractivity contribution < 1.29 is 0 Å². The van der Waals surface area contributed by atoms with Crippen LogP contribution in [0.3, 0.4) is 0 Å². The normalized spacial score (nSPS) is 23.2. The molecule has 0 nitrogen and oxygen atoms in total. The number of hydrogen-bond acceptors (Lipinski definition) is 0. The van der Waals surface area contributed by atoms with Gasteiger partial charge in [0, 0.05) is 0 Å². The summed E-state index contributed by atoms with van der Waals surface area (Å²) in [6.07, 6.45) is 7.55. The van der Waals surface area contributed by atoms with Crippen LogP contribution in [0.25, 0.3) is 0 Å². The highest BCUT2D eigenvalue weighted by Gasteiger charge is 2.30. The summed E-state index contributed by atoms with van der Waals surface area (Å²) in [5, 5.41) is 1.54. The van der Waals surface area contributed by atoms with Crippen molar-refractivity contribution in [2.24, 2.45) is 5.41 Å². The van der Waals surface area contributed by atoms with Gasteiger partial charge in [0.05, 0.1) is 0 Å². The molecule has 102 valence electrons. The summed E-state index contributed by atoms with van der Waals surface area (Å²) in [6, 6.07) is 0. The molecule has 18 heavy (non-hydrogen) atoms. The summed E-state index contributed by atoms with van der Waals surface area (Å²) < 4.78 is 0. The van der Waals surface area contributed by atoms with Crippen molar-refractivity contribution in [3.05, 3.63) is 35.7 Å². The highest BCUT2D eigenvalue weighted by atomic mass is 31.1. The van der Waals surface area contributed by atoms with Crippen LogP contribution in [0.1, 0.15) is 53.4 Å². The molecule has 1 rings (SSSR count). The molecule has 1 unspecified atom stereocenters. The van der Waals surface area contributed by atoms with Crippen LogP contribution in [-0.2, 0) is 0 Å². The Morgan fingerprint density at radius 2 is 1.72 bits per heavy atom. The van der Waals surface area contributed by atoms with Gasteiger partial charge in [0.15, 0.2) is 0 Å². The summed E-state index contributed by atoms with van der Waals surface area (Å²) >= 11 is 0. The van der Waals surface area contributed by atoms with Crippen LogP contribution >= 0.6 is 7.92 Å². The van der Waals surface area contributed by atoms with Crippen molar-refractivity contribution in [1.82, 2.24) is 0 Å². The molecule has 1 fully saturated rings. The first-order chi connectivity index (χ1) is 8.28. The van der Waals surface area contributed by atoms with Crippen LogP contribution in [-0.4, -0.2) is 12.3 Å². The first kappa shape index (κ1) is 15.7. The van der Waals surface area contributed by atoms with Gasteiger partial charge >= 0.3 is 0 Å². The molecule has 0 aromatic carbocycles. The first-order valence-corrected chi connectivity index (χ1v) is 8.86. The van der Waals surface area contributed by atoms with Gasteiger partial charge in [-0.15, -0.1) is 0 Å². The lowest BCUT2D eigenvalue weighted by atomic mass is 9.77. The Hall–Kier alpha value is -0.350. The molecule has 1 aliphatic carbocycles. The van der Waals surface area contributed by atoms with E-state index in [0.717, 1.165) is 11.2 Å². The van der Waals surface area contributed by atoms with Gasteiger partial charge in [-0.3, -0.25) is 0 Å². The topological polar surface area (TPSA) is 0 Å². The van der Waals surface area contributed by atoms with E-state index in [1.807, 2.05) is 6.08 Å². The molecule has 0 saturated heterocycles. The van der Waals surface area contributed by atoms with E-state index in [2.05, 4.69) is 47.5 Å². The zero-order chi connectivity index (χ0) is 13.9. The Balaban J connectivity index is 2.79. The average Bonchev–Trinajstić information content (AvgIpc) is 2.28. The minimum atomic E-state index is -0.0315. The SMILES string of the molecule is C=C/C(C(=C)C)=C(/C)P(C)C1CCC(C)(C)CC1. The molecule has 0 aromatic heterocycles. The third-order valence-corrected chi connectivity index (χ3v) is 7.35. The summed E-state index contributed by atoms with van der Waals surface area (Å²) in [5.41, 5.74) is 3.93. The average molecular weight is 264 g/mol. The third kappa shape index (κ3) is 3.82. The number of hydrogen-bond donors (Lipinski definition) is 0. The minimum absolute atomic E-state index is 0.0315. The molecule has 0 radical (unpaired) electrons. The summed E-state index contributed by atoms with van der Waals surface area (Å²) in [4.78, 5) is 0. The fourth-order valence-electron chi connectivity index (χ4n) is 2.87. The van der Waals surface area contributed by atoms with Crippen molar-refractivity contribution in [2.75, 3.05) is 6.66 Å². The predicted molar refractivity (Wildman–Crippen MR) is 86.6 cm³/mol. The molecular weight excluding hydrogens is 235 g/mol. The van der Waals surface area contributed by atoms with Crippen molar-refractivity contribution in [1.29, 1.82) is 0 Å². The van der Waals surface area contributed by atoms with E-state index in [1.165, 1.54) is 36.6 Å². The first-order valence-electron chi connectivity index (χ1n) is 7.00. The van der Waals surface area contributed by atoms with Crippen LogP contribution < -0.4 is 0 Å². The van der Waals surface area contributed by atoms with Gasteiger partial charge < -0.3 is 0 Å². The Kier molecular flexibility index (Phi) is 5.41. The van der Waals surface area contributed by atoms with Gasteiger partial charge in [-0.2, -0.15) is 0 Å². The minimum Gasteiger partial charge on any atom is -0.0984 e. The lowest BCUT2D eigenvalue weighted by Gasteiger charge is -2.37. The van der Waals surface area contributed by atoms with Crippen molar-refractivity contribution in [2.45, 2.75) is 59.0 Å². The maximum absolute atomic E-state index is 4.08. The van der Waals surface area contributed by atoms with E-state index in [-0.39, 0.29) is 7.92 Å². The fourth-order valence-corrected chi connectivity index (χ4v) is 5.11. The molecule has 0 aliphatic heterocycles. The van der Waals surface area contributed by atoms with E-state index in [4.69, 9.17) is 0 Å². The van der Waals surface area contributed by atoms with Crippen molar-refractivity contribution >= 4 is 7.92 Å². The lowest BCUT2D eigenvalue weighted by molar-refractivity contribution is 0.248. The maximum atomic E-state index is 4.08. The van der Waals surface area contributed by atoms with Gasteiger partial charge in [0.25, 0.3) is 0 Å². The van der Waals surface area contributed by atoms with E-state index in [1.54, 1.807) is 0 Å². The second kappa shape index (κ2) is 6.20. The molecule has 0 aromatic rings. The van der Waals surface area contributed by atoms with Gasteiger partial charge in [0.1, 0.15) is 0 Å². The molecule has 1 aliphatic rings. The molecule has 1 saturated carbocycles. The smallest absolute Gasteiger partial charge is 0.0174 e. The monoisotopic (exact) mass is 264 g/mol. The molecular formula is C17H29P. The molecule has 0 N–H and O–H groups in total.